The first-order valence-corrected chi connectivity index (χ1v) is 7.12. The zero-order valence-corrected chi connectivity index (χ0v) is 12.7. The number of nitrogens with one attached hydrogen (secondary N) is 2. The van der Waals surface area contributed by atoms with Crippen LogP contribution in [0.1, 0.15) is 23.2 Å². The van der Waals surface area contributed by atoms with Crippen LogP contribution in [0.4, 0.5) is 5.69 Å². The third kappa shape index (κ3) is 3.44. The first-order chi connectivity index (χ1) is 9.11. The molecule has 1 aliphatic rings. The number of anilines is 1. The van der Waals surface area contributed by atoms with E-state index in [4.69, 9.17) is 4.74 Å². The lowest BCUT2D eigenvalue weighted by Gasteiger charge is -2.13. The minimum atomic E-state index is -0.451. The van der Waals surface area contributed by atoms with E-state index in [-0.39, 0.29) is 11.9 Å². The molecule has 0 aromatic heterocycles. The van der Waals surface area contributed by atoms with E-state index in [1.54, 1.807) is 12.1 Å². The molecule has 1 aromatic carbocycles. The first-order valence-electron chi connectivity index (χ1n) is 6.04. The molecule has 19 heavy (non-hydrogen) atoms. The van der Waals surface area contributed by atoms with Crippen molar-refractivity contribution in [1.82, 2.24) is 5.32 Å². The van der Waals surface area contributed by atoms with Gasteiger partial charge in [0.1, 0.15) is 0 Å². The lowest BCUT2D eigenvalue weighted by molar-refractivity contribution is -0.117. The predicted octanol–water partition coefficient (Wildman–Crippen LogP) is 1.77. The highest BCUT2D eigenvalue weighted by atomic mass is 127. The monoisotopic (exact) mass is 374 g/mol. The Morgan fingerprint density at radius 3 is 2.89 bits per heavy atom. The van der Waals surface area contributed by atoms with Gasteiger partial charge in [-0.15, -0.1) is 0 Å². The highest BCUT2D eigenvalue weighted by Gasteiger charge is 2.23. The van der Waals surface area contributed by atoms with Crippen molar-refractivity contribution in [3.63, 3.8) is 0 Å². The Kier molecular flexibility index (Phi) is 4.76. The molecule has 1 amide bonds. The van der Waals surface area contributed by atoms with Gasteiger partial charge >= 0.3 is 5.97 Å². The minimum absolute atomic E-state index is 0.108. The quantitative estimate of drug-likeness (QED) is 0.625. The van der Waals surface area contributed by atoms with Gasteiger partial charge in [-0.3, -0.25) is 4.79 Å². The van der Waals surface area contributed by atoms with E-state index in [0.717, 1.165) is 23.0 Å². The Morgan fingerprint density at radius 1 is 1.47 bits per heavy atom. The van der Waals surface area contributed by atoms with Crippen molar-refractivity contribution in [3.8, 4) is 0 Å². The summed E-state index contributed by atoms with van der Waals surface area (Å²) in [7, 11) is 1.33. The van der Waals surface area contributed by atoms with Crippen LogP contribution in [0.3, 0.4) is 0 Å². The molecular formula is C13H15IN2O3. The van der Waals surface area contributed by atoms with E-state index in [0.29, 0.717) is 11.3 Å². The molecule has 102 valence electrons. The summed E-state index contributed by atoms with van der Waals surface area (Å²) in [4.78, 5) is 23.7. The van der Waals surface area contributed by atoms with Crippen LogP contribution in [0.2, 0.25) is 0 Å². The van der Waals surface area contributed by atoms with E-state index >= 15 is 0 Å². The van der Waals surface area contributed by atoms with Crippen LogP contribution in [-0.4, -0.2) is 31.6 Å². The van der Waals surface area contributed by atoms with Gasteiger partial charge in [0, 0.05) is 3.57 Å². The van der Waals surface area contributed by atoms with E-state index in [9.17, 15) is 9.59 Å². The number of benzene rings is 1. The Hall–Kier alpha value is -1.15. The molecular weight excluding hydrogens is 359 g/mol. The zero-order valence-electron chi connectivity index (χ0n) is 10.5. The maximum Gasteiger partial charge on any atom is 0.340 e. The second kappa shape index (κ2) is 6.33. The average Bonchev–Trinajstić information content (AvgIpc) is 2.94. The summed E-state index contributed by atoms with van der Waals surface area (Å²) >= 11 is 2.11. The topological polar surface area (TPSA) is 67.4 Å². The fourth-order valence-corrected chi connectivity index (χ4v) is 2.52. The number of halogens is 1. The van der Waals surface area contributed by atoms with Gasteiger partial charge in [-0.05, 0) is 60.2 Å². The lowest BCUT2D eigenvalue weighted by atomic mass is 10.1. The minimum Gasteiger partial charge on any atom is -0.465 e. The van der Waals surface area contributed by atoms with E-state index < -0.39 is 5.97 Å². The number of hydrogen-bond donors (Lipinski definition) is 2. The van der Waals surface area contributed by atoms with Crippen molar-refractivity contribution in [2.45, 2.75) is 18.9 Å². The van der Waals surface area contributed by atoms with Crippen molar-refractivity contribution in [1.29, 1.82) is 0 Å². The second-order valence-corrected chi connectivity index (χ2v) is 5.57. The maximum absolute atomic E-state index is 12.0. The molecule has 1 heterocycles. The van der Waals surface area contributed by atoms with Crippen LogP contribution >= 0.6 is 22.6 Å². The standard InChI is InChI=1S/C13H15IN2O3/c1-19-13(18)9-7-8(14)4-5-10(9)16-12(17)11-3-2-6-15-11/h4-5,7,11,15H,2-3,6H2,1H3,(H,16,17)/t11-/m0/s1. The molecule has 0 radical (unpaired) electrons. The third-order valence-corrected chi connectivity index (χ3v) is 3.69. The molecule has 0 unspecified atom stereocenters. The van der Waals surface area contributed by atoms with Gasteiger partial charge in [-0.25, -0.2) is 4.79 Å². The Morgan fingerprint density at radius 2 is 2.26 bits per heavy atom. The molecule has 1 saturated heterocycles. The fourth-order valence-electron chi connectivity index (χ4n) is 2.03. The second-order valence-electron chi connectivity index (χ2n) is 4.32. The van der Waals surface area contributed by atoms with Crippen LogP contribution in [-0.2, 0) is 9.53 Å². The average molecular weight is 374 g/mol. The Balaban J connectivity index is 2.19. The summed E-state index contributed by atoms with van der Waals surface area (Å²) in [6.07, 6.45) is 1.82. The maximum atomic E-state index is 12.0. The Bertz CT molecular complexity index is 499. The van der Waals surface area contributed by atoms with Gasteiger partial charge in [-0.1, -0.05) is 0 Å². The molecule has 2 N–H and O–H groups in total. The predicted molar refractivity (Wildman–Crippen MR) is 80.2 cm³/mol. The van der Waals surface area contributed by atoms with Crippen LogP contribution in [0.15, 0.2) is 18.2 Å². The number of carbonyl (C=O) groups is 2. The number of methoxy groups -OCH3 is 1. The third-order valence-electron chi connectivity index (χ3n) is 3.02. The number of hydrogen-bond acceptors (Lipinski definition) is 4. The van der Waals surface area contributed by atoms with Gasteiger partial charge in [0.15, 0.2) is 0 Å². The number of rotatable bonds is 3. The number of carbonyl (C=O) groups excluding carboxylic acids is 2. The van der Waals surface area contributed by atoms with Crippen LogP contribution in [0.25, 0.3) is 0 Å². The molecule has 1 fully saturated rings. The molecule has 6 heteroatoms. The van der Waals surface area contributed by atoms with E-state index in [1.807, 2.05) is 6.07 Å². The van der Waals surface area contributed by atoms with Crippen LogP contribution in [0.5, 0.6) is 0 Å². The summed E-state index contributed by atoms with van der Waals surface area (Å²) in [5.74, 6) is -0.558. The Labute approximate surface area is 125 Å². The molecule has 1 aliphatic heterocycles. The first kappa shape index (κ1) is 14.3. The zero-order chi connectivity index (χ0) is 13.8. The summed E-state index contributed by atoms with van der Waals surface area (Å²) < 4.78 is 5.64. The van der Waals surface area contributed by atoms with Gasteiger partial charge < -0.3 is 15.4 Å². The van der Waals surface area contributed by atoms with Gasteiger partial charge in [-0.2, -0.15) is 0 Å². The molecule has 0 saturated carbocycles. The summed E-state index contributed by atoms with van der Waals surface area (Å²) in [6, 6.07) is 5.08. The normalized spacial score (nSPS) is 18.1. The fraction of sp³-hybridized carbons (Fsp3) is 0.385. The molecule has 0 aliphatic carbocycles. The molecule has 1 atom stereocenters. The lowest BCUT2D eigenvalue weighted by Crippen LogP contribution is -2.35. The summed E-state index contributed by atoms with van der Waals surface area (Å²) in [6.45, 7) is 0.856. The molecule has 0 spiro atoms. The summed E-state index contributed by atoms with van der Waals surface area (Å²) in [5, 5.41) is 5.91. The van der Waals surface area contributed by atoms with Crippen molar-refractivity contribution < 1.29 is 14.3 Å². The van der Waals surface area contributed by atoms with Crippen LogP contribution < -0.4 is 10.6 Å². The number of amides is 1. The number of ether oxygens (including phenoxy) is 1. The van der Waals surface area contributed by atoms with Gasteiger partial charge in [0.25, 0.3) is 0 Å². The SMILES string of the molecule is COC(=O)c1cc(I)ccc1NC(=O)[C@@H]1CCCN1. The smallest absolute Gasteiger partial charge is 0.340 e. The highest BCUT2D eigenvalue weighted by Crippen LogP contribution is 2.20. The molecule has 2 rings (SSSR count). The molecule has 5 nitrogen and oxygen atoms in total. The number of esters is 1. The van der Waals surface area contributed by atoms with Crippen molar-refractivity contribution in [2.75, 3.05) is 19.0 Å². The van der Waals surface area contributed by atoms with Crippen molar-refractivity contribution >= 4 is 40.2 Å². The highest BCUT2D eigenvalue weighted by molar-refractivity contribution is 14.1. The van der Waals surface area contributed by atoms with Crippen LogP contribution in [0, 0.1) is 3.57 Å². The van der Waals surface area contributed by atoms with Crippen molar-refractivity contribution in [3.05, 3.63) is 27.3 Å². The van der Waals surface area contributed by atoms with Gasteiger partial charge in [0.2, 0.25) is 5.91 Å². The van der Waals surface area contributed by atoms with E-state index in [1.165, 1.54) is 7.11 Å². The molecule has 0 bridgehead atoms. The van der Waals surface area contributed by atoms with Crippen molar-refractivity contribution in [2.24, 2.45) is 0 Å². The largest absolute Gasteiger partial charge is 0.465 e. The summed E-state index contributed by atoms with van der Waals surface area (Å²) in [5.41, 5.74) is 0.867. The van der Waals surface area contributed by atoms with Gasteiger partial charge in [0.05, 0.1) is 24.4 Å². The van der Waals surface area contributed by atoms with E-state index in [2.05, 4.69) is 33.2 Å². The molecule has 1 aromatic rings.